The summed E-state index contributed by atoms with van der Waals surface area (Å²) >= 11 is 11.8. The molecule has 0 radical (unpaired) electrons. The molecule has 6 heteroatoms. The van der Waals surface area contributed by atoms with Gasteiger partial charge in [0.1, 0.15) is 0 Å². The van der Waals surface area contributed by atoms with Gasteiger partial charge < -0.3 is 10.1 Å². The van der Waals surface area contributed by atoms with Crippen molar-refractivity contribution in [2.75, 3.05) is 6.61 Å². The molecule has 2 aromatic carbocycles. The minimum atomic E-state index is -0.531. The Morgan fingerprint density at radius 1 is 1.12 bits per heavy atom. The van der Waals surface area contributed by atoms with Crippen LogP contribution >= 0.6 is 23.2 Å². The number of aryl methyl sites for hydroxylation is 1. The fourth-order valence-corrected chi connectivity index (χ4v) is 2.44. The Bertz CT molecular complexity index is 762. The molecule has 1 N–H and O–H groups in total. The molecule has 0 spiro atoms. The Balaban J connectivity index is 1.88. The van der Waals surface area contributed by atoms with Crippen molar-refractivity contribution in [1.29, 1.82) is 0 Å². The zero-order valence-electron chi connectivity index (χ0n) is 13.3. The molecule has 4 nitrogen and oxygen atoms in total. The van der Waals surface area contributed by atoms with Gasteiger partial charge in [-0.25, -0.2) is 4.79 Å². The van der Waals surface area contributed by atoms with Gasteiger partial charge in [0.25, 0.3) is 5.91 Å². The van der Waals surface area contributed by atoms with Crippen LogP contribution in [-0.2, 0) is 9.53 Å². The molecule has 0 aromatic heterocycles. The first-order valence-electron chi connectivity index (χ1n) is 7.35. The third kappa shape index (κ3) is 4.98. The number of ether oxygens (including phenoxy) is 1. The van der Waals surface area contributed by atoms with Crippen LogP contribution in [0.3, 0.4) is 0 Å². The molecule has 1 atom stereocenters. The zero-order valence-corrected chi connectivity index (χ0v) is 14.8. The van der Waals surface area contributed by atoms with Crippen molar-refractivity contribution in [3.05, 3.63) is 69.2 Å². The summed E-state index contributed by atoms with van der Waals surface area (Å²) in [5, 5.41) is 3.61. The minimum absolute atomic E-state index is 0.287. The molecular formula is C18H17Cl2NO3. The van der Waals surface area contributed by atoms with Crippen molar-refractivity contribution >= 4 is 35.1 Å². The Kier molecular flexibility index (Phi) is 6.23. The van der Waals surface area contributed by atoms with Crippen molar-refractivity contribution in [1.82, 2.24) is 5.32 Å². The lowest BCUT2D eigenvalue weighted by atomic mass is 10.1. The van der Waals surface area contributed by atoms with Gasteiger partial charge in [-0.3, -0.25) is 4.79 Å². The molecule has 0 aliphatic heterocycles. The Labute approximate surface area is 150 Å². The Morgan fingerprint density at radius 2 is 1.88 bits per heavy atom. The van der Waals surface area contributed by atoms with Gasteiger partial charge in [0.05, 0.1) is 21.7 Å². The van der Waals surface area contributed by atoms with E-state index in [0.29, 0.717) is 15.6 Å². The number of rotatable bonds is 5. The lowest BCUT2D eigenvalue weighted by Crippen LogP contribution is -2.31. The van der Waals surface area contributed by atoms with Gasteiger partial charge in [-0.15, -0.1) is 0 Å². The Morgan fingerprint density at radius 3 is 2.54 bits per heavy atom. The summed E-state index contributed by atoms with van der Waals surface area (Å²) in [6, 6.07) is 11.8. The number of nitrogens with one attached hydrogen (secondary N) is 1. The summed E-state index contributed by atoms with van der Waals surface area (Å²) in [5.74, 6) is -0.925. The second-order valence-electron chi connectivity index (χ2n) is 5.41. The van der Waals surface area contributed by atoms with E-state index in [0.717, 1.165) is 11.1 Å². The molecule has 0 fully saturated rings. The maximum absolute atomic E-state index is 11.9. The van der Waals surface area contributed by atoms with Crippen LogP contribution in [0.2, 0.25) is 10.0 Å². The van der Waals surface area contributed by atoms with E-state index in [2.05, 4.69) is 5.32 Å². The van der Waals surface area contributed by atoms with Crippen LogP contribution in [-0.4, -0.2) is 18.5 Å². The topological polar surface area (TPSA) is 55.4 Å². The summed E-state index contributed by atoms with van der Waals surface area (Å²) < 4.78 is 5.03. The van der Waals surface area contributed by atoms with Crippen molar-refractivity contribution in [2.24, 2.45) is 0 Å². The van der Waals surface area contributed by atoms with Gasteiger partial charge >= 0.3 is 5.97 Å². The normalized spacial score (nSPS) is 11.7. The van der Waals surface area contributed by atoms with Gasteiger partial charge in [0.2, 0.25) is 0 Å². The van der Waals surface area contributed by atoms with E-state index >= 15 is 0 Å². The summed E-state index contributed by atoms with van der Waals surface area (Å²) in [4.78, 5) is 23.8. The fourth-order valence-electron chi connectivity index (χ4n) is 2.13. The highest BCUT2D eigenvalue weighted by molar-refractivity contribution is 6.42. The molecule has 126 valence electrons. The average molecular weight is 366 g/mol. The molecule has 0 unspecified atom stereocenters. The lowest BCUT2D eigenvalue weighted by Gasteiger charge is -2.15. The molecule has 0 heterocycles. The van der Waals surface area contributed by atoms with Crippen LogP contribution in [0.25, 0.3) is 0 Å². The predicted molar refractivity (Wildman–Crippen MR) is 94.5 cm³/mol. The second-order valence-corrected chi connectivity index (χ2v) is 6.22. The highest BCUT2D eigenvalue weighted by atomic mass is 35.5. The lowest BCUT2D eigenvalue weighted by molar-refractivity contribution is -0.124. The van der Waals surface area contributed by atoms with Crippen molar-refractivity contribution in [3.63, 3.8) is 0 Å². The number of carbonyl (C=O) groups excluding carboxylic acids is 2. The van der Waals surface area contributed by atoms with Crippen LogP contribution < -0.4 is 5.32 Å². The molecule has 24 heavy (non-hydrogen) atoms. The highest BCUT2D eigenvalue weighted by Crippen LogP contribution is 2.25. The molecule has 1 amide bonds. The van der Waals surface area contributed by atoms with Gasteiger partial charge in [0, 0.05) is 0 Å². The number of hydrogen-bond acceptors (Lipinski definition) is 3. The van der Waals surface area contributed by atoms with Gasteiger partial charge in [-0.1, -0.05) is 47.0 Å². The first-order chi connectivity index (χ1) is 11.4. The summed E-state index contributed by atoms with van der Waals surface area (Å²) in [5.41, 5.74) is 2.17. The zero-order chi connectivity index (χ0) is 17.7. The second kappa shape index (κ2) is 8.18. The summed E-state index contributed by atoms with van der Waals surface area (Å²) in [6.45, 7) is 3.33. The van der Waals surface area contributed by atoms with E-state index in [1.165, 1.54) is 0 Å². The van der Waals surface area contributed by atoms with E-state index in [-0.39, 0.29) is 12.6 Å². The van der Waals surface area contributed by atoms with Gasteiger partial charge in [-0.05, 0) is 43.7 Å². The molecule has 0 aliphatic carbocycles. The largest absolute Gasteiger partial charge is 0.452 e. The van der Waals surface area contributed by atoms with Crippen LogP contribution in [0, 0.1) is 6.92 Å². The number of benzene rings is 2. The number of halogens is 2. The molecule has 0 saturated heterocycles. The third-order valence-corrected chi connectivity index (χ3v) is 4.15. The van der Waals surface area contributed by atoms with E-state index in [9.17, 15) is 9.59 Å². The number of hydrogen-bond donors (Lipinski definition) is 1. The van der Waals surface area contributed by atoms with Crippen molar-refractivity contribution in [2.45, 2.75) is 19.9 Å². The maximum atomic E-state index is 11.9. The SMILES string of the molecule is Cc1cccc(C(=O)OCC(=O)N[C@H](C)c2ccc(Cl)c(Cl)c2)c1. The molecule has 2 aromatic rings. The molecular weight excluding hydrogens is 349 g/mol. The third-order valence-electron chi connectivity index (χ3n) is 3.41. The first kappa shape index (κ1) is 18.3. The number of esters is 1. The first-order valence-corrected chi connectivity index (χ1v) is 8.10. The predicted octanol–water partition coefficient (Wildman–Crippen LogP) is 4.34. The smallest absolute Gasteiger partial charge is 0.338 e. The monoisotopic (exact) mass is 365 g/mol. The van der Waals surface area contributed by atoms with Crippen molar-refractivity contribution in [3.8, 4) is 0 Å². The van der Waals surface area contributed by atoms with E-state index in [1.807, 2.05) is 13.0 Å². The quantitative estimate of drug-likeness (QED) is 0.801. The molecule has 0 aliphatic rings. The van der Waals surface area contributed by atoms with Gasteiger partial charge in [-0.2, -0.15) is 0 Å². The highest BCUT2D eigenvalue weighted by Gasteiger charge is 2.14. The average Bonchev–Trinajstić information content (AvgIpc) is 2.55. The molecule has 0 saturated carbocycles. The Hall–Kier alpha value is -2.04. The molecule has 2 rings (SSSR count). The number of amides is 1. The summed E-state index contributed by atoms with van der Waals surface area (Å²) in [6.07, 6.45) is 0. The molecule has 0 bridgehead atoms. The standard InChI is InChI=1S/C18H17Cl2NO3/c1-11-4-3-5-14(8-11)18(23)24-10-17(22)21-12(2)13-6-7-15(19)16(20)9-13/h3-9,12H,10H2,1-2H3,(H,21,22)/t12-/m1/s1. The van der Waals surface area contributed by atoms with Crippen LogP contribution in [0.4, 0.5) is 0 Å². The van der Waals surface area contributed by atoms with Gasteiger partial charge in [0.15, 0.2) is 6.61 Å². The summed E-state index contributed by atoms with van der Waals surface area (Å²) in [7, 11) is 0. The van der Waals surface area contributed by atoms with E-state index in [4.69, 9.17) is 27.9 Å². The van der Waals surface area contributed by atoms with Crippen LogP contribution in [0.1, 0.15) is 34.5 Å². The van der Waals surface area contributed by atoms with Crippen LogP contribution in [0.5, 0.6) is 0 Å². The van der Waals surface area contributed by atoms with E-state index < -0.39 is 11.9 Å². The van der Waals surface area contributed by atoms with Crippen LogP contribution in [0.15, 0.2) is 42.5 Å². The maximum Gasteiger partial charge on any atom is 0.338 e. The van der Waals surface area contributed by atoms with Crippen molar-refractivity contribution < 1.29 is 14.3 Å². The minimum Gasteiger partial charge on any atom is -0.452 e. The van der Waals surface area contributed by atoms with E-state index in [1.54, 1.807) is 43.3 Å². The number of carbonyl (C=O) groups is 2. The fraction of sp³-hybridized carbons (Fsp3) is 0.222.